The number of methoxy groups -OCH3 is 1. The van der Waals surface area contributed by atoms with Gasteiger partial charge in [-0.2, -0.15) is 0 Å². The van der Waals surface area contributed by atoms with Crippen molar-refractivity contribution in [2.75, 3.05) is 20.2 Å². The monoisotopic (exact) mass is 225 g/mol. The molecule has 16 heavy (non-hydrogen) atoms. The third-order valence-corrected chi connectivity index (χ3v) is 2.38. The highest BCUT2D eigenvalue weighted by atomic mass is 19.1. The number of likely N-dealkylation sites (N-methyl/N-ethyl adjacent to an activating group) is 1. The zero-order chi connectivity index (χ0) is 12.0. The molecule has 0 bridgehead atoms. The molecule has 0 N–H and O–H groups in total. The Kier molecular flexibility index (Phi) is 4.92. The third kappa shape index (κ3) is 3.62. The average Bonchev–Trinajstić information content (AvgIpc) is 2.30. The number of carbonyl (C=O) groups excluding carboxylic acids is 1. The van der Waals surface area contributed by atoms with Gasteiger partial charge in [0.25, 0.3) is 0 Å². The predicted molar refractivity (Wildman–Crippen MR) is 59.4 cm³/mol. The lowest BCUT2D eigenvalue weighted by atomic mass is 10.2. The Morgan fingerprint density at radius 1 is 1.44 bits per heavy atom. The first-order chi connectivity index (χ1) is 7.67. The Hall–Kier alpha value is -1.42. The molecule has 1 aromatic carbocycles. The maximum Gasteiger partial charge on any atom is 0.319 e. The van der Waals surface area contributed by atoms with Crippen LogP contribution in [0.3, 0.4) is 0 Å². The molecule has 88 valence electrons. The minimum absolute atomic E-state index is 0.182. The van der Waals surface area contributed by atoms with Crippen molar-refractivity contribution in [1.82, 2.24) is 4.90 Å². The van der Waals surface area contributed by atoms with Gasteiger partial charge in [0.05, 0.1) is 13.7 Å². The summed E-state index contributed by atoms with van der Waals surface area (Å²) in [7, 11) is 1.35. The Morgan fingerprint density at radius 2 is 2.12 bits per heavy atom. The smallest absolute Gasteiger partial charge is 0.319 e. The number of halogens is 1. The molecule has 1 aromatic rings. The molecular formula is C12H16FNO2. The van der Waals surface area contributed by atoms with Crippen LogP contribution in [0.4, 0.5) is 4.39 Å². The number of hydrogen-bond acceptors (Lipinski definition) is 3. The Balaban J connectivity index is 2.63. The van der Waals surface area contributed by atoms with Crippen LogP contribution in [0.5, 0.6) is 0 Å². The quantitative estimate of drug-likeness (QED) is 0.716. The van der Waals surface area contributed by atoms with Crippen molar-refractivity contribution < 1.29 is 13.9 Å². The van der Waals surface area contributed by atoms with Gasteiger partial charge in [-0.1, -0.05) is 25.1 Å². The average molecular weight is 225 g/mol. The fourth-order valence-corrected chi connectivity index (χ4v) is 1.39. The molecule has 0 aromatic heterocycles. The van der Waals surface area contributed by atoms with Crippen LogP contribution in [0.1, 0.15) is 12.5 Å². The topological polar surface area (TPSA) is 29.5 Å². The van der Waals surface area contributed by atoms with Crippen LogP contribution >= 0.6 is 0 Å². The van der Waals surface area contributed by atoms with Crippen molar-refractivity contribution in [1.29, 1.82) is 0 Å². The van der Waals surface area contributed by atoms with E-state index < -0.39 is 0 Å². The number of ether oxygens (including phenoxy) is 1. The molecule has 0 saturated carbocycles. The van der Waals surface area contributed by atoms with E-state index in [0.29, 0.717) is 18.7 Å². The van der Waals surface area contributed by atoms with Crippen molar-refractivity contribution in [3.8, 4) is 0 Å². The number of hydrogen-bond donors (Lipinski definition) is 0. The van der Waals surface area contributed by atoms with Crippen LogP contribution in [0.2, 0.25) is 0 Å². The van der Waals surface area contributed by atoms with E-state index in [1.165, 1.54) is 13.2 Å². The van der Waals surface area contributed by atoms with Gasteiger partial charge < -0.3 is 4.74 Å². The minimum Gasteiger partial charge on any atom is -0.468 e. The maximum atomic E-state index is 13.4. The normalized spacial score (nSPS) is 10.5. The summed E-state index contributed by atoms with van der Waals surface area (Å²) >= 11 is 0. The molecule has 0 amide bonds. The minimum atomic E-state index is -0.307. The van der Waals surface area contributed by atoms with Crippen LogP contribution in [-0.2, 0) is 16.1 Å². The molecular weight excluding hydrogens is 209 g/mol. The lowest BCUT2D eigenvalue weighted by Crippen LogP contribution is -2.30. The molecule has 0 atom stereocenters. The summed E-state index contributed by atoms with van der Waals surface area (Å²) < 4.78 is 17.9. The molecule has 0 heterocycles. The number of rotatable bonds is 5. The van der Waals surface area contributed by atoms with E-state index in [1.807, 2.05) is 11.8 Å². The first-order valence-electron chi connectivity index (χ1n) is 5.20. The maximum absolute atomic E-state index is 13.4. The van der Waals surface area contributed by atoms with Gasteiger partial charge in [0, 0.05) is 12.1 Å². The Bertz CT molecular complexity index is 355. The Labute approximate surface area is 94.8 Å². The lowest BCUT2D eigenvalue weighted by Gasteiger charge is -2.19. The zero-order valence-corrected chi connectivity index (χ0v) is 9.57. The van der Waals surface area contributed by atoms with Gasteiger partial charge in [-0.3, -0.25) is 9.69 Å². The summed E-state index contributed by atoms with van der Waals surface area (Å²) in [6.07, 6.45) is 0. The molecule has 3 nitrogen and oxygen atoms in total. The van der Waals surface area contributed by atoms with E-state index >= 15 is 0 Å². The summed E-state index contributed by atoms with van der Waals surface area (Å²) in [5.41, 5.74) is 0.591. The molecule has 0 spiro atoms. The van der Waals surface area contributed by atoms with Gasteiger partial charge in [0.15, 0.2) is 0 Å². The van der Waals surface area contributed by atoms with Crippen LogP contribution in [0.15, 0.2) is 24.3 Å². The van der Waals surface area contributed by atoms with E-state index in [2.05, 4.69) is 4.74 Å². The molecule has 0 saturated heterocycles. The van der Waals surface area contributed by atoms with Crippen LogP contribution in [0.25, 0.3) is 0 Å². The Morgan fingerprint density at radius 3 is 2.69 bits per heavy atom. The fourth-order valence-electron chi connectivity index (χ4n) is 1.39. The van der Waals surface area contributed by atoms with Gasteiger partial charge in [0.2, 0.25) is 0 Å². The molecule has 4 heteroatoms. The van der Waals surface area contributed by atoms with E-state index in [4.69, 9.17) is 0 Å². The molecule has 0 aliphatic rings. The number of nitrogens with zero attached hydrogens (tertiary/aromatic N) is 1. The second-order valence-corrected chi connectivity index (χ2v) is 3.47. The van der Waals surface area contributed by atoms with Gasteiger partial charge in [0.1, 0.15) is 5.82 Å². The molecule has 0 unspecified atom stereocenters. The number of benzene rings is 1. The standard InChI is InChI=1S/C12H16FNO2/c1-3-14(9-12(15)16-2)8-10-6-4-5-7-11(10)13/h4-7H,3,8-9H2,1-2H3. The van der Waals surface area contributed by atoms with Crippen molar-refractivity contribution in [2.24, 2.45) is 0 Å². The van der Waals surface area contributed by atoms with Gasteiger partial charge in [-0.25, -0.2) is 4.39 Å². The summed E-state index contributed by atoms with van der Waals surface area (Å²) in [6, 6.07) is 6.57. The SMILES string of the molecule is CCN(CC(=O)OC)Cc1ccccc1F. The summed E-state index contributed by atoms with van der Waals surface area (Å²) in [5, 5.41) is 0. The van der Waals surface area contributed by atoms with E-state index in [0.717, 1.165) is 0 Å². The summed E-state index contributed by atoms with van der Waals surface area (Å²) in [5.74, 6) is -0.552. The number of carbonyl (C=O) groups is 1. The highest BCUT2D eigenvalue weighted by molar-refractivity contribution is 5.71. The summed E-state index contributed by atoms with van der Waals surface area (Å²) in [6.45, 7) is 3.19. The van der Waals surface area contributed by atoms with Gasteiger partial charge in [-0.05, 0) is 12.6 Å². The first-order valence-corrected chi connectivity index (χ1v) is 5.20. The first kappa shape index (κ1) is 12.6. The second kappa shape index (κ2) is 6.23. The van der Waals surface area contributed by atoms with Crippen molar-refractivity contribution in [3.63, 3.8) is 0 Å². The lowest BCUT2D eigenvalue weighted by molar-refractivity contribution is -0.142. The van der Waals surface area contributed by atoms with E-state index in [9.17, 15) is 9.18 Å². The molecule has 0 aliphatic heterocycles. The highest BCUT2D eigenvalue weighted by Gasteiger charge is 2.11. The largest absolute Gasteiger partial charge is 0.468 e. The van der Waals surface area contributed by atoms with Gasteiger partial charge >= 0.3 is 5.97 Å². The predicted octanol–water partition coefficient (Wildman–Crippen LogP) is 1.82. The molecule has 0 aliphatic carbocycles. The zero-order valence-electron chi connectivity index (χ0n) is 9.57. The molecule has 0 radical (unpaired) electrons. The van der Waals surface area contributed by atoms with Gasteiger partial charge in [-0.15, -0.1) is 0 Å². The van der Waals surface area contributed by atoms with Crippen molar-refractivity contribution >= 4 is 5.97 Å². The fraction of sp³-hybridized carbons (Fsp3) is 0.417. The van der Waals surface area contributed by atoms with Crippen LogP contribution in [-0.4, -0.2) is 31.1 Å². The van der Waals surface area contributed by atoms with Crippen molar-refractivity contribution in [3.05, 3.63) is 35.6 Å². The molecule has 0 fully saturated rings. The van der Waals surface area contributed by atoms with Crippen LogP contribution < -0.4 is 0 Å². The van der Waals surface area contributed by atoms with E-state index in [1.54, 1.807) is 18.2 Å². The third-order valence-electron chi connectivity index (χ3n) is 2.38. The number of esters is 1. The van der Waals surface area contributed by atoms with E-state index in [-0.39, 0.29) is 18.3 Å². The second-order valence-electron chi connectivity index (χ2n) is 3.47. The van der Waals surface area contributed by atoms with Crippen LogP contribution in [0, 0.1) is 5.82 Å². The van der Waals surface area contributed by atoms with Crippen molar-refractivity contribution in [2.45, 2.75) is 13.5 Å². The summed E-state index contributed by atoms with van der Waals surface area (Å²) in [4.78, 5) is 12.9. The molecule has 1 rings (SSSR count). The highest BCUT2D eigenvalue weighted by Crippen LogP contribution is 2.09.